The van der Waals surface area contributed by atoms with Crippen LogP contribution in [0, 0.1) is 0 Å². The highest BCUT2D eigenvalue weighted by molar-refractivity contribution is 7.80. The number of carbonyl (C=O) groups excluding carboxylic acids is 1. The van der Waals surface area contributed by atoms with Gasteiger partial charge in [0.1, 0.15) is 17.6 Å². The highest BCUT2D eigenvalue weighted by atomic mass is 32.1. The summed E-state index contributed by atoms with van der Waals surface area (Å²) in [6, 6.07) is 26.4. The van der Waals surface area contributed by atoms with Crippen molar-refractivity contribution >= 4 is 29.0 Å². The van der Waals surface area contributed by atoms with E-state index in [9.17, 15) is 4.79 Å². The molecule has 33 heavy (non-hydrogen) atoms. The van der Waals surface area contributed by atoms with Gasteiger partial charge in [-0.1, -0.05) is 36.4 Å². The highest BCUT2D eigenvalue weighted by Gasteiger charge is 2.42. The van der Waals surface area contributed by atoms with Crippen molar-refractivity contribution in [2.75, 3.05) is 12.0 Å². The number of hydrogen-bond acceptors (Lipinski definition) is 5. The van der Waals surface area contributed by atoms with Crippen LogP contribution in [0.15, 0.2) is 95.5 Å². The van der Waals surface area contributed by atoms with E-state index in [0.717, 1.165) is 22.7 Å². The Kier molecular flexibility index (Phi) is 5.62. The van der Waals surface area contributed by atoms with Gasteiger partial charge in [-0.25, -0.2) is 4.79 Å². The molecule has 0 unspecified atom stereocenters. The number of para-hydroxylation sites is 1. The maximum atomic E-state index is 12.0. The number of rotatable bonds is 5. The third-order valence-electron chi connectivity index (χ3n) is 5.62. The second kappa shape index (κ2) is 8.88. The van der Waals surface area contributed by atoms with Gasteiger partial charge < -0.3 is 19.4 Å². The Morgan fingerprint density at radius 1 is 1.03 bits per heavy atom. The summed E-state index contributed by atoms with van der Waals surface area (Å²) in [6.07, 6.45) is 1.77. The highest BCUT2D eigenvalue weighted by Crippen LogP contribution is 2.42. The summed E-state index contributed by atoms with van der Waals surface area (Å²) in [6.45, 7) is 0. The number of hydrogen-bond donors (Lipinski definition) is 1. The van der Waals surface area contributed by atoms with Crippen LogP contribution in [0.4, 0.5) is 5.69 Å². The third kappa shape index (κ3) is 3.99. The maximum Gasteiger partial charge on any atom is 0.337 e. The minimum absolute atomic E-state index is 0.195. The number of nitrogens with one attached hydrogen (secondary N) is 1. The second-order valence-electron chi connectivity index (χ2n) is 7.61. The summed E-state index contributed by atoms with van der Waals surface area (Å²) in [5.74, 6) is 1.00. The van der Waals surface area contributed by atoms with E-state index in [1.165, 1.54) is 7.11 Å². The van der Waals surface area contributed by atoms with Gasteiger partial charge in [0.05, 0.1) is 24.4 Å². The van der Waals surface area contributed by atoms with Crippen LogP contribution < -0.4 is 10.2 Å². The molecule has 0 amide bonds. The summed E-state index contributed by atoms with van der Waals surface area (Å²) in [5, 5.41) is 4.03. The van der Waals surface area contributed by atoms with Crippen molar-refractivity contribution in [3.8, 4) is 11.3 Å². The third-order valence-corrected chi connectivity index (χ3v) is 5.93. The lowest BCUT2D eigenvalue weighted by Crippen LogP contribution is -2.29. The smallest absolute Gasteiger partial charge is 0.337 e. The van der Waals surface area contributed by atoms with Gasteiger partial charge in [-0.3, -0.25) is 4.98 Å². The number of pyridine rings is 1. The van der Waals surface area contributed by atoms with E-state index in [1.54, 1.807) is 18.3 Å². The maximum absolute atomic E-state index is 12.0. The van der Waals surface area contributed by atoms with Crippen LogP contribution in [0.5, 0.6) is 0 Å². The van der Waals surface area contributed by atoms with Crippen LogP contribution in [-0.2, 0) is 4.74 Å². The zero-order chi connectivity index (χ0) is 22.8. The molecule has 2 atom stereocenters. The number of thiocarbonyl (C=S) groups is 1. The summed E-state index contributed by atoms with van der Waals surface area (Å²) in [7, 11) is 1.37. The minimum atomic E-state index is -0.389. The Labute approximate surface area is 196 Å². The molecule has 6 nitrogen and oxygen atoms in total. The molecule has 1 aliphatic heterocycles. The van der Waals surface area contributed by atoms with Crippen LogP contribution in [0.1, 0.15) is 33.9 Å². The van der Waals surface area contributed by atoms with Crippen LogP contribution >= 0.6 is 12.2 Å². The number of esters is 1. The van der Waals surface area contributed by atoms with Gasteiger partial charge in [-0.15, -0.1) is 0 Å². The lowest BCUT2D eigenvalue weighted by Gasteiger charge is -2.26. The second-order valence-corrected chi connectivity index (χ2v) is 7.99. The largest absolute Gasteiger partial charge is 0.465 e. The van der Waals surface area contributed by atoms with Crippen molar-refractivity contribution in [2.24, 2.45) is 0 Å². The molecule has 0 saturated carbocycles. The SMILES string of the molecule is COC(=O)c1cccc(-c2ccc([C@H]3[C@@H](c4ccccn4)NC(=S)N3c3ccccc3)o2)c1. The average Bonchev–Trinajstić information content (AvgIpc) is 3.49. The van der Waals surface area contributed by atoms with E-state index in [1.807, 2.05) is 72.8 Å². The van der Waals surface area contributed by atoms with Gasteiger partial charge >= 0.3 is 5.97 Å². The molecule has 164 valence electrons. The number of carbonyl (C=O) groups is 1. The molecule has 1 N–H and O–H groups in total. The fourth-order valence-corrected chi connectivity index (χ4v) is 4.44. The first kappa shape index (κ1) is 20.9. The normalized spacial score (nSPS) is 17.6. The number of anilines is 1. The minimum Gasteiger partial charge on any atom is -0.465 e. The van der Waals surface area contributed by atoms with Gasteiger partial charge in [-0.05, 0) is 60.7 Å². The van der Waals surface area contributed by atoms with Crippen molar-refractivity contribution in [1.29, 1.82) is 0 Å². The first-order chi connectivity index (χ1) is 16.2. The summed E-state index contributed by atoms with van der Waals surface area (Å²) in [4.78, 5) is 18.6. The standard InChI is InChI=1S/C26H21N3O3S/c1-31-25(30)18-9-7-8-17(16-18)21-13-14-22(32-21)24-23(20-12-5-6-15-27-20)28-26(33)29(24)19-10-3-2-4-11-19/h2-16,23-24H,1H3,(H,28,33)/t23-,24+/m1/s1. The topological polar surface area (TPSA) is 67.6 Å². The van der Waals surface area contributed by atoms with Crippen molar-refractivity contribution in [1.82, 2.24) is 10.3 Å². The van der Waals surface area contributed by atoms with Crippen LogP contribution in [-0.4, -0.2) is 23.2 Å². The van der Waals surface area contributed by atoms with Crippen molar-refractivity contribution in [2.45, 2.75) is 12.1 Å². The molecule has 5 rings (SSSR count). The summed E-state index contributed by atoms with van der Waals surface area (Å²) < 4.78 is 11.2. The summed E-state index contributed by atoms with van der Waals surface area (Å²) >= 11 is 5.73. The fraction of sp³-hybridized carbons (Fsp3) is 0.115. The Bertz CT molecular complexity index is 1290. The predicted octanol–water partition coefficient (Wildman–Crippen LogP) is 5.31. The number of methoxy groups -OCH3 is 1. The van der Waals surface area contributed by atoms with Crippen molar-refractivity contribution < 1.29 is 13.9 Å². The van der Waals surface area contributed by atoms with Gasteiger partial charge in [-0.2, -0.15) is 0 Å². The van der Waals surface area contributed by atoms with E-state index in [0.29, 0.717) is 16.4 Å². The van der Waals surface area contributed by atoms with Crippen LogP contribution in [0.25, 0.3) is 11.3 Å². The zero-order valence-electron chi connectivity index (χ0n) is 17.8. The number of furan rings is 1. The first-order valence-corrected chi connectivity index (χ1v) is 10.9. The average molecular weight is 456 g/mol. The molecule has 7 heteroatoms. The van der Waals surface area contributed by atoms with E-state index < -0.39 is 0 Å². The molecule has 1 fully saturated rings. The number of ether oxygens (including phenoxy) is 1. The molecule has 0 radical (unpaired) electrons. The lowest BCUT2D eigenvalue weighted by atomic mass is 10.0. The lowest BCUT2D eigenvalue weighted by molar-refractivity contribution is 0.0601. The molecule has 2 aromatic heterocycles. The van der Waals surface area contributed by atoms with E-state index >= 15 is 0 Å². The molecular formula is C26H21N3O3S. The molecule has 0 aliphatic carbocycles. The predicted molar refractivity (Wildman–Crippen MR) is 130 cm³/mol. The van der Waals surface area contributed by atoms with Crippen LogP contribution in [0.2, 0.25) is 0 Å². The Balaban J connectivity index is 1.57. The van der Waals surface area contributed by atoms with Crippen molar-refractivity contribution in [3.63, 3.8) is 0 Å². The number of benzene rings is 2. The van der Waals surface area contributed by atoms with Crippen LogP contribution in [0.3, 0.4) is 0 Å². The molecule has 0 spiro atoms. The number of aromatic nitrogens is 1. The molecule has 4 aromatic rings. The molecule has 1 aliphatic rings. The van der Waals surface area contributed by atoms with Gasteiger partial charge in [0.2, 0.25) is 0 Å². The Hall–Kier alpha value is -3.97. The molecule has 2 aromatic carbocycles. The van der Waals surface area contributed by atoms with E-state index in [4.69, 9.17) is 21.4 Å². The Morgan fingerprint density at radius 2 is 1.85 bits per heavy atom. The molecule has 0 bridgehead atoms. The first-order valence-electron chi connectivity index (χ1n) is 10.5. The molecule has 1 saturated heterocycles. The zero-order valence-corrected chi connectivity index (χ0v) is 18.7. The fourth-order valence-electron chi connectivity index (χ4n) is 4.09. The van der Waals surface area contributed by atoms with E-state index in [-0.39, 0.29) is 18.1 Å². The Morgan fingerprint density at radius 3 is 2.61 bits per heavy atom. The van der Waals surface area contributed by atoms with Crippen molar-refractivity contribution in [3.05, 3.63) is 108 Å². The van der Waals surface area contributed by atoms with Gasteiger partial charge in [0, 0.05) is 17.4 Å². The monoisotopic (exact) mass is 455 g/mol. The molecule has 3 heterocycles. The van der Waals surface area contributed by atoms with E-state index in [2.05, 4.69) is 15.2 Å². The van der Waals surface area contributed by atoms with Gasteiger partial charge in [0.15, 0.2) is 5.11 Å². The summed E-state index contributed by atoms with van der Waals surface area (Å²) in [5.41, 5.74) is 3.09. The molecular weight excluding hydrogens is 434 g/mol. The quantitative estimate of drug-likeness (QED) is 0.323. The van der Waals surface area contributed by atoms with Gasteiger partial charge in [0.25, 0.3) is 0 Å². The number of nitrogens with zero attached hydrogens (tertiary/aromatic N) is 2.